The van der Waals surface area contributed by atoms with Gasteiger partial charge in [0.2, 0.25) is 0 Å². The van der Waals surface area contributed by atoms with E-state index in [2.05, 4.69) is 4.98 Å². The van der Waals surface area contributed by atoms with Crippen molar-refractivity contribution in [2.24, 2.45) is 0 Å². The molecule has 2 heterocycles. The summed E-state index contributed by atoms with van der Waals surface area (Å²) in [7, 11) is 0. The van der Waals surface area contributed by atoms with Gasteiger partial charge in [0.25, 0.3) is 0 Å². The van der Waals surface area contributed by atoms with Crippen molar-refractivity contribution in [3.8, 4) is 0 Å². The van der Waals surface area contributed by atoms with Gasteiger partial charge in [0.15, 0.2) is 17.9 Å². The highest BCUT2D eigenvalue weighted by atomic mass is 19.1. The quantitative estimate of drug-likeness (QED) is 0.465. The fraction of sp³-hybridized carbons (Fsp3) is 0.556. The molecule has 1 fully saturated rings. The fourth-order valence-electron chi connectivity index (χ4n) is 1.75. The molecule has 0 spiro atoms. The number of halogens is 1. The Kier molecular flexibility index (Phi) is 3.30. The van der Waals surface area contributed by atoms with Crippen LogP contribution >= 0.6 is 0 Å². The molecule has 1 saturated heterocycles. The van der Waals surface area contributed by atoms with Crippen LogP contribution in [0, 0.1) is 5.82 Å². The van der Waals surface area contributed by atoms with Crippen LogP contribution in [0.3, 0.4) is 0 Å². The summed E-state index contributed by atoms with van der Waals surface area (Å²) in [6.07, 6.45) is -4.52. The molecule has 4 atom stereocenters. The predicted octanol–water partition coefficient (Wildman–Crippen LogP) is -2.42. The molecule has 100 valence electrons. The van der Waals surface area contributed by atoms with Crippen molar-refractivity contribution in [3.63, 3.8) is 0 Å². The summed E-state index contributed by atoms with van der Waals surface area (Å²) >= 11 is 0. The van der Waals surface area contributed by atoms with Crippen LogP contribution in [0.2, 0.25) is 0 Å². The average molecular weight is 261 g/mol. The summed E-state index contributed by atoms with van der Waals surface area (Å²) in [5, 5.41) is 28.1. The highest BCUT2D eigenvalue weighted by molar-refractivity contribution is 5.26. The van der Waals surface area contributed by atoms with Gasteiger partial charge >= 0.3 is 5.69 Å². The van der Waals surface area contributed by atoms with Crippen molar-refractivity contribution in [1.29, 1.82) is 0 Å². The van der Waals surface area contributed by atoms with Crippen LogP contribution in [0.15, 0.2) is 11.0 Å². The first-order valence-corrected chi connectivity index (χ1v) is 5.12. The largest absolute Gasteiger partial charge is 0.394 e. The Bertz CT molecular complexity index is 507. The number of anilines is 1. The van der Waals surface area contributed by atoms with Crippen LogP contribution in [0.5, 0.6) is 0 Å². The SMILES string of the molecule is Nc1nc(=O)n(C2OC(CO)C(O)[C@@H]2O)cc1F. The molecule has 0 bridgehead atoms. The Hall–Kier alpha value is -1.55. The first-order chi connectivity index (χ1) is 8.45. The number of aliphatic hydroxyl groups is 3. The molecule has 9 heteroatoms. The van der Waals surface area contributed by atoms with Gasteiger partial charge in [-0.2, -0.15) is 4.98 Å². The number of nitrogen functional groups attached to an aromatic ring is 1. The third-order valence-electron chi connectivity index (χ3n) is 2.73. The number of nitrogens with zero attached hydrogens (tertiary/aromatic N) is 2. The number of nitrogens with two attached hydrogens (primary N) is 1. The molecule has 1 aliphatic heterocycles. The highest BCUT2D eigenvalue weighted by Gasteiger charge is 2.43. The summed E-state index contributed by atoms with van der Waals surface area (Å²) in [4.78, 5) is 14.7. The van der Waals surface area contributed by atoms with Crippen molar-refractivity contribution < 1.29 is 24.4 Å². The standard InChI is InChI=1S/C9H12FN3O5/c10-3-1-13(9(17)12-7(3)11)8-6(16)5(15)4(2-14)18-8/h1,4-6,8,14-16H,2H2,(H2,11,12,17)/t4?,5?,6-,8?/m0/s1. The highest BCUT2D eigenvalue weighted by Crippen LogP contribution is 2.28. The molecule has 3 unspecified atom stereocenters. The van der Waals surface area contributed by atoms with Gasteiger partial charge in [0, 0.05) is 0 Å². The molecule has 0 radical (unpaired) electrons. The van der Waals surface area contributed by atoms with E-state index in [0.29, 0.717) is 4.57 Å². The van der Waals surface area contributed by atoms with Crippen LogP contribution in [0.25, 0.3) is 0 Å². The van der Waals surface area contributed by atoms with E-state index in [-0.39, 0.29) is 0 Å². The summed E-state index contributed by atoms with van der Waals surface area (Å²) in [6, 6.07) is 0. The van der Waals surface area contributed by atoms with E-state index in [1.54, 1.807) is 0 Å². The van der Waals surface area contributed by atoms with Crippen LogP contribution in [0.1, 0.15) is 6.23 Å². The van der Waals surface area contributed by atoms with E-state index < -0.39 is 48.5 Å². The first kappa shape index (κ1) is 12.9. The lowest BCUT2D eigenvalue weighted by Crippen LogP contribution is -2.36. The molecule has 8 nitrogen and oxygen atoms in total. The van der Waals surface area contributed by atoms with Gasteiger partial charge in [0.1, 0.15) is 18.3 Å². The van der Waals surface area contributed by atoms with E-state index in [4.69, 9.17) is 15.6 Å². The van der Waals surface area contributed by atoms with Crippen LogP contribution in [-0.2, 0) is 4.74 Å². The van der Waals surface area contributed by atoms with Crippen molar-refractivity contribution in [3.05, 3.63) is 22.5 Å². The zero-order valence-corrected chi connectivity index (χ0v) is 9.10. The van der Waals surface area contributed by atoms with Crippen molar-refractivity contribution in [2.75, 3.05) is 12.3 Å². The van der Waals surface area contributed by atoms with E-state index in [9.17, 15) is 19.4 Å². The summed E-state index contributed by atoms with van der Waals surface area (Å²) in [5.74, 6) is -1.52. The number of ether oxygens (including phenoxy) is 1. The minimum Gasteiger partial charge on any atom is -0.394 e. The normalized spacial score (nSPS) is 31.8. The molecule has 18 heavy (non-hydrogen) atoms. The number of rotatable bonds is 2. The minimum atomic E-state index is -1.48. The first-order valence-electron chi connectivity index (χ1n) is 5.12. The van der Waals surface area contributed by atoms with Gasteiger partial charge in [-0.1, -0.05) is 0 Å². The maximum Gasteiger partial charge on any atom is 0.351 e. The maximum absolute atomic E-state index is 13.2. The zero-order valence-electron chi connectivity index (χ0n) is 9.10. The molecule has 0 saturated carbocycles. The third kappa shape index (κ3) is 1.97. The molecule has 2 rings (SSSR count). The van der Waals surface area contributed by atoms with Gasteiger partial charge in [-0.15, -0.1) is 0 Å². The fourth-order valence-corrected chi connectivity index (χ4v) is 1.75. The van der Waals surface area contributed by atoms with Gasteiger partial charge < -0.3 is 25.8 Å². The lowest BCUT2D eigenvalue weighted by molar-refractivity contribution is -0.0553. The predicted molar refractivity (Wildman–Crippen MR) is 55.9 cm³/mol. The summed E-state index contributed by atoms with van der Waals surface area (Å²) in [6.45, 7) is -0.547. The Morgan fingerprint density at radius 3 is 2.72 bits per heavy atom. The van der Waals surface area contributed by atoms with E-state index in [1.165, 1.54) is 0 Å². The average Bonchev–Trinajstić information content (AvgIpc) is 2.61. The van der Waals surface area contributed by atoms with E-state index in [0.717, 1.165) is 6.20 Å². The Morgan fingerprint density at radius 2 is 2.17 bits per heavy atom. The molecule has 0 amide bonds. The molecule has 1 aliphatic rings. The molecule has 0 aliphatic carbocycles. The number of hydrogen-bond acceptors (Lipinski definition) is 7. The zero-order chi connectivity index (χ0) is 13.4. The van der Waals surface area contributed by atoms with Crippen molar-refractivity contribution in [2.45, 2.75) is 24.5 Å². The van der Waals surface area contributed by atoms with Gasteiger partial charge in [-0.05, 0) is 0 Å². The van der Waals surface area contributed by atoms with Gasteiger partial charge in [-0.3, -0.25) is 4.57 Å². The minimum absolute atomic E-state index is 0.547. The van der Waals surface area contributed by atoms with E-state index >= 15 is 0 Å². The lowest BCUT2D eigenvalue weighted by atomic mass is 10.1. The van der Waals surface area contributed by atoms with Crippen molar-refractivity contribution >= 4 is 5.82 Å². The number of aromatic nitrogens is 2. The summed E-state index contributed by atoms with van der Waals surface area (Å²) in [5.41, 5.74) is 4.18. The summed E-state index contributed by atoms with van der Waals surface area (Å²) < 4.78 is 19.0. The Labute approximate surface area is 100 Å². The van der Waals surface area contributed by atoms with E-state index in [1.807, 2.05) is 0 Å². The second-order valence-corrected chi connectivity index (χ2v) is 3.89. The molecule has 1 aromatic heterocycles. The van der Waals surface area contributed by atoms with Gasteiger partial charge in [-0.25, -0.2) is 9.18 Å². The lowest BCUT2D eigenvalue weighted by Gasteiger charge is -2.17. The molecule has 0 aromatic carbocycles. The number of hydrogen-bond donors (Lipinski definition) is 4. The van der Waals surface area contributed by atoms with Crippen LogP contribution < -0.4 is 11.4 Å². The molecule has 1 aromatic rings. The Morgan fingerprint density at radius 1 is 1.50 bits per heavy atom. The monoisotopic (exact) mass is 261 g/mol. The van der Waals surface area contributed by atoms with Crippen LogP contribution in [0.4, 0.5) is 10.2 Å². The third-order valence-corrected chi connectivity index (χ3v) is 2.73. The second kappa shape index (κ2) is 4.61. The molecular formula is C9H12FN3O5. The Balaban J connectivity index is 2.39. The van der Waals surface area contributed by atoms with Gasteiger partial charge in [0.05, 0.1) is 12.8 Å². The number of aliphatic hydroxyl groups excluding tert-OH is 3. The maximum atomic E-state index is 13.2. The van der Waals surface area contributed by atoms with Crippen molar-refractivity contribution in [1.82, 2.24) is 9.55 Å². The smallest absolute Gasteiger partial charge is 0.351 e. The topological polar surface area (TPSA) is 131 Å². The molecule has 5 N–H and O–H groups in total. The molecular weight excluding hydrogens is 249 g/mol. The second-order valence-electron chi connectivity index (χ2n) is 3.89. The van der Waals surface area contributed by atoms with Crippen LogP contribution in [-0.4, -0.2) is 49.8 Å².